The Bertz CT molecular complexity index is 847. The third-order valence-corrected chi connectivity index (χ3v) is 4.95. The average molecular weight is 368 g/mol. The van der Waals surface area contributed by atoms with Crippen LogP contribution in [-0.4, -0.2) is 52.9 Å². The molecule has 8 nitrogen and oxygen atoms in total. The largest absolute Gasteiger partial charge is 0.474 e. The molecule has 2 aliphatic rings. The summed E-state index contributed by atoms with van der Waals surface area (Å²) in [6.45, 7) is 4.30. The molecule has 27 heavy (non-hydrogen) atoms. The first-order valence-corrected chi connectivity index (χ1v) is 9.14. The van der Waals surface area contributed by atoms with Gasteiger partial charge < -0.3 is 15.1 Å². The summed E-state index contributed by atoms with van der Waals surface area (Å²) >= 11 is 0. The van der Waals surface area contributed by atoms with Crippen molar-refractivity contribution in [1.82, 2.24) is 20.2 Å². The normalized spacial score (nSPS) is 22.5. The minimum Gasteiger partial charge on any atom is -0.474 e. The summed E-state index contributed by atoms with van der Waals surface area (Å²) < 4.78 is 7.85. The third-order valence-electron chi connectivity index (χ3n) is 4.95. The summed E-state index contributed by atoms with van der Waals surface area (Å²) in [7, 11) is 1.76. The maximum Gasteiger partial charge on any atom is 0.249 e. The van der Waals surface area contributed by atoms with E-state index in [1.54, 1.807) is 29.2 Å². The van der Waals surface area contributed by atoms with Crippen molar-refractivity contribution >= 4 is 17.9 Å². The zero-order chi connectivity index (χ0) is 19.0. The number of nitrogens with one attached hydrogen (secondary N) is 1. The highest BCUT2D eigenvalue weighted by Crippen LogP contribution is 2.33. The van der Waals surface area contributed by atoms with Gasteiger partial charge in [-0.25, -0.2) is 4.68 Å². The number of carbonyl (C=O) groups is 1. The molecular weight excluding hydrogens is 344 g/mol. The number of benzene rings is 1. The molecule has 4 rings (SSSR count). The van der Waals surface area contributed by atoms with E-state index in [0.29, 0.717) is 18.0 Å². The second kappa shape index (κ2) is 7.03. The number of aromatic nitrogens is 2. The SMILES string of the molecule is CC(C)n1ncc2c1OCC(N1NC=NC1Cc1ccccc1)C(=O)N2C. The first kappa shape index (κ1) is 17.5. The molecule has 1 N–H and O–H groups in total. The maximum atomic E-state index is 13.1. The zero-order valence-electron chi connectivity index (χ0n) is 15.7. The summed E-state index contributed by atoms with van der Waals surface area (Å²) in [5.41, 5.74) is 4.98. The van der Waals surface area contributed by atoms with E-state index < -0.39 is 6.04 Å². The van der Waals surface area contributed by atoms with Crippen LogP contribution < -0.4 is 15.1 Å². The van der Waals surface area contributed by atoms with Crippen LogP contribution in [0.25, 0.3) is 0 Å². The standard InChI is InChI=1S/C19H24N6O2/c1-13(2)24-19-15(10-21-24)23(3)18(26)16(11-27-19)25-17(20-12-22-25)9-14-7-5-4-6-8-14/h4-8,10,12-13,16-17H,9,11H2,1-3H3,(H,20,22). The highest BCUT2D eigenvalue weighted by atomic mass is 16.5. The Hall–Kier alpha value is -2.87. The Morgan fingerprint density at radius 2 is 2.07 bits per heavy atom. The Kier molecular flexibility index (Phi) is 4.57. The van der Waals surface area contributed by atoms with Gasteiger partial charge in [0.1, 0.15) is 24.5 Å². The number of fused-ring (bicyclic) bond motifs is 1. The Morgan fingerprint density at radius 3 is 2.81 bits per heavy atom. The summed E-state index contributed by atoms with van der Waals surface area (Å²) in [6.07, 6.45) is 3.88. The second-order valence-electron chi connectivity index (χ2n) is 7.08. The highest BCUT2D eigenvalue weighted by Gasteiger charge is 2.40. The number of carbonyl (C=O) groups excluding carboxylic acids is 1. The molecule has 2 atom stereocenters. The van der Waals surface area contributed by atoms with Crippen molar-refractivity contribution in [3.63, 3.8) is 0 Å². The quantitative estimate of drug-likeness (QED) is 0.887. The number of amides is 1. The van der Waals surface area contributed by atoms with Crippen LogP contribution in [0.3, 0.4) is 0 Å². The highest BCUT2D eigenvalue weighted by molar-refractivity contribution is 5.98. The topological polar surface area (TPSA) is 75.0 Å². The molecule has 3 heterocycles. The molecule has 0 fully saturated rings. The van der Waals surface area contributed by atoms with Gasteiger partial charge in [0.25, 0.3) is 0 Å². The summed E-state index contributed by atoms with van der Waals surface area (Å²) in [5, 5.41) is 6.24. The number of aliphatic imine (C=N–C) groups is 1. The van der Waals surface area contributed by atoms with E-state index in [1.165, 1.54) is 5.56 Å². The minimum absolute atomic E-state index is 0.0480. The number of nitrogens with zero attached hydrogens (tertiary/aromatic N) is 5. The van der Waals surface area contributed by atoms with Gasteiger partial charge in [0.15, 0.2) is 0 Å². The van der Waals surface area contributed by atoms with Crippen LogP contribution in [0.1, 0.15) is 25.5 Å². The minimum atomic E-state index is -0.487. The van der Waals surface area contributed by atoms with Crippen molar-refractivity contribution in [3.05, 3.63) is 42.1 Å². The van der Waals surface area contributed by atoms with Crippen molar-refractivity contribution in [2.75, 3.05) is 18.6 Å². The zero-order valence-corrected chi connectivity index (χ0v) is 15.7. The molecule has 2 aromatic rings. The van der Waals surface area contributed by atoms with Gasteiger partial charge in [0.05, 0.1) is 18.6 Å². The van der Waals surface area contributed by atoms with Crippen LogP contribution in [0.4, 0.5) is 5.69 Å². The van der Waals surface area contributed by atoms with Crippen molar-refractivity contribution in [2.45, 2.75) is 38.5 Å². The lowest BCUT2D eigenvalue weighted by Crippen LogP contribution is -2.56. The lowest BCUT2D eigenvalue weighted by molar-refractivity contribution is -0.125. The van der Waals surface area contributed by atoms with Crippen LogP contribution in [-0.2, 0) is 11.2 Å². The molecule has 2 unspecified atom stereocenters. The van der Waals surface area contributed by atoms with Gasteiger partial charge in [-0.05, 0) is 19.4 Å². The molecule has 1 aromatic heterocycles. The van der Waals surface area contributed by atoms with Crippen molar-refractivity contribution in [3.8, 4) is 5.88 Å². The smallest absolute Gasteiger partial charge is 0.249 e. The van der Waals surface area contributed by atoms with Crippen LogP contribution >= 0.6 is 0 Å². The molecule has 8 heteroatoms. The van der Waals surface area contributed by atoms with E-state index in [-0.39, 0.29) is 24.7 Å². The van der Waals surface area contributed by atoms with Crippen LogP contribution in [0.2, 0.25) is 0 Å². The molecule has 0 saturated carbocycles. The van der Waals surface area contributed by atoms with Crippen LogP contribution in [0.5, 0.6) is 5.88 Å². The summed E-state index contributed by atoms with van der Waals surface area (Å²) in [5.74, 6) is 0.580. The predicted octanol–water partition coefficient (Wildman–Crippen LogP) is 1.61. The lowest BCUT2D eigenvalue weighted by atomic mass is 10.1. The van der Waals surface area contributed by atoms with E-state index in [1.807, 2.05) is 37.1 Å². The average Bonchev–Trinajstić information content (AvgIpc) is 3.27. The molecule has 1 amide bonds. The lowest BCUT2D eigenvalue weighted by Gasteiger charge is -2.30. The fraction of sp³-hybridized carbons (Fsp3) is 0.421. The number of hydrogen-bond donors (Lipinski definition) is 1. The Labute approximate surface area is 158 Å². The molecule has 1 aromatic carbocycles. The van der Waals surface area contributed by atoms with Crippen LogP contribution in [0, 0.1) is 0 Å². The van der Waals surface area contributed by atoms with Crippen molar-refractivity contribution in [1.29, 1.82) is 0 Å². The molecule has 0 radical (unpaired) electrons. The first-order chi connectivity index (χ1) is 13.1. The number of rotatable bonds is 4. The Morgan fingerprint density at radius 1 is 1.30 bits per heavy atom. The van der Waals surface area contributed by atoms with Gasteiger partial charge in [-0.3, -0.25) is 9.79 Å². The van der Waals surface area contributed by atoms with Gasteiger partial charge in [0.2, 0.25) is 11.8 Å². The number of hydrogen-bond acceptors (Lipinski definition) is 6. The number of ether oxygens (including phenoxy) is 1. The van der Waals surface area contributed by atoms with Crippen LogP contribution in [0.15, 0.2) is 41.5 Å². The molecule has 0 spiro atoms. The molecule has 0 aliphatic carbocycles. The first-order valence-electron chi connectivity index (χ1n) is 9.14. The van der Waals surface area contributed by atoms with Gasteiger partial charge in [-0.1, -0.05) is 30.3 Å². The van der Waals surface area contributed by atoms with E-state index in [9.17, 15) is 4.79 Å². The van der Waals surface area contributed by atoms with Crippen molar-refractivity contribution < 1.29 is 9.53 Å². The van der Waals surface area contributed by atoms with E-state index in [4.69, 9.17) is 4.74 Å². The third kappa shape index (κ3) is 3.16. The molecular formula is C19H24N6O2. The van der Waals surface area contributed by atoms with Gasteiger partial charge in [-0.2, -0.15) is 10.1 Å². The van der Waals surface area contributed by atoms with Gasteiger partial charge >= 0.3 is 0 Å². The fourth-order valence-corrected chi connectivity index (χ4v) is 3.47. The predicted molar refractivity (Wildman–Crippen MR) is 103 cm³/mol. The molecule has 0 saturated heterocycles. The van der Waals surface area contributed by atoms with Crippen molar-refractivity contribution in [2.24, 2.45) is 4.99 Å². The molecule has 2 aliphatic heterocycles. The number of hydrazine groups is 1. The second-order valence-corrected chi connectivity index (χ2v) is 7.08. The number of likely N-dealkylation sites (N-methyl/N-ethyl adjacent to an activating group) is 1. The number of anilines is 1. The van der Waals surface area contributed by atoms with Gasteiger partial charge in [-0.15, -0.1) is 0 Å². The fourth-order valence-electron chi connectivity index (χ4n) is 3.47. The Balaban J connectivity index is 1.56. The van der Waals surface area contributed by atoms with E-state index in [0.717, 1.165) is 0 Å². The summed E-state index contributed by atoms with van der Waals surface area (Å²) in [4.78, 5) is 19.3. The van der Waals surface area contributed by atoms with E-state index >= 15 is 0 Å². The van der Waals surface area contributed by atoms with Gasteiger partial charge in [0, 0.05) is 13.5 Å². The molecule has 142 valence electrons. The maximum absolute atomic E-state index is 13.1. The van der Waals surface area contributed by atoms with E-state index in [2.05, 4.69) is 27.6 Å². The summed E-state index contributed by atoms with van der Waals surface area (Å²) in [6, 6.07) is 9.80. The monoisotopic (exact) mass is 368 g/mol. The molecule has 0 bridgehead atoms.